The van der Waals surface area contributed by atoms with Gasteiger partial charge in [-0.25, -0.2) is 14.8 Å². The van der Waals surface area contributed by atoms with Gasteiger partial charge in [0.25, 0.3) is 0 Å². The number of ether oxygens (including phenoxy) is 1. The quantitative estimate of drug-likeness (QED) is 0.797. The van der Waals surface area contributed by atoms with Gasteiger partial charge in [0.15, 0.2) is 5.82 Å². The first-order chi connectivity index (χ1) is 12.1. The van der Waals surface area contributed by atoms with Crippen LogP contribution in [0, 0.1) is 6.92 Å². The lowest BCUT2D eigenvalue weighted by Crippen LogP contribution is -2.45. The number of carbonyl (C=O) groups is 1. The summed E-state index contributed by atoms with van der Waals surface area (Å²) in [4.78, 5) is 26.0. The van der Waals surface area contributed by atoms with Crippen molar-refractivity contribution in [3.05, 3.63) is 41.6 Å². The van der Waals surface area contributed by atoms with Crippen molar-refractivity contribution < 1.29 is 9.53 Å². The maximum atomic E-state index is 12.3. The Kier molecular flexibility index (Phi) is 5.28. The zero-order valence-electron chi connectivity index (χ0n) is 15.0. The molecule has 132 valence electrons. The summed E-state index contributed by atoms with van der Waals surface area (Å²) in [5.41, 5.74) is 2.52. The molecule has 0 radical (unpaired) electrons. The van der Waals surface area contributed by atoms with E-state index in [0.29, 0.717) is 23.8 Å². The molecule has 0 saturated carbocycles. The van der Waals surface area contributed by atoms with Crippen LogP contribution < -0.4 is 4.90 Å². The van der Waals surface area contributed by atoms with Crippen LogP contribution in [0.4, 0.5) is 5.82 Å². The molecule has 1 aromatic heterocycles. The average molecular weight is 340 g/mol. The highest BCUT2D eigenvalue weighted by molar-refractivity contribution is 5.95. The monoisotopic (exact) mass is 340 g/mol. The Morgan fingerprint density at radius 1 is 1.20 bits per heavy atom. The molecule has 2 aromatic rings. The minimum Gasteiger partial charge on any atom is -0.462 e. The number of carbonyl (C=O) groups excluding carboxylic acids is 1. The number of esters is 1. The van der Waals surface area contributed by atoms with E-state index in [0.717, 1.165) is 37.3 Å². The predicted octanol–water partition coefficient (Wildman–Crippen LogP) is 2.38. The van der Waals surface area contributed by atoms with Crippen molar-refractivity contribution in [1.29, 1.82) is 0 Å². The van der Waals surface area contributed by atoms with E-state index in [4.69, 9.17) is 9.72 Å². The number of nitrogens with zero attached hydrogens (tertiary/aromatic N) is 4. The van der Waals surface area contributed by atoms with Gasteiger partial charge >= 0.3 is 5.97 Å². The summed E-state index contributed by atoms with van der Waals surface area (Å²) in [5.74, 6) is 0.938. The molecule has 1 fully saturated rings. The standard InChI is InChI=1S/C19H24N4O2/c1-4-25-19(24)16-13-20-17(15-8-6-5-7-14(15)2)21-18(16)23-11-9-22(3)10-12-23/h5-8,13H,4,9-12H2,1-3H3. The molecular weight excluding hydrogens is 316 g/mol. The van der Waals surface area contributed by atoms with Crippen LogP contribution in [0.3, 0.4) is 0 Å². The van der Waals surface area contributed by atoms with Gasteiger partial charge < -0.3 is 14.5 Å². The zero-order valence-corrected chi connectivity index (χ0v) is 15.0. The number of piperazine rings is 1. The summed E-state index contributed by atoms with van der Waals surface area (Å²) in [7, 11) is 2.10. The van der Waals surface area contributed by atoms with Crippen molar-refractivity contribution in [3.8, 4) is 11.4 Å². The molecule has 1 aliphatic heterocycles. The van der Waals surface area contributed by atoms with Gasteiger partial charge in [0.2, 0.25) is 0 Å². The molecule has 1 aromatic carbocycles. The van der Waals surface area contributed by atoms with Crippen molar-refractivity contribution in [2.45, 2.75) is 13.8 Å². The Morgan fingerprint density at radius 2 is 1.92 bits per heavy atom. The van der Waals surface area contributed by atoms with E-state index in [1.54, 1.807) is 13.1 Å². The van der Waals surface area contributed by atoms with Gasteiger partial charge in [-0.05, 0) is 26.5 Å². The van der Waals surface area contributed by atoms with Crippen LogP contribution in [-0.4, -0.2) is 60.7 Å². The van der Waals surface area contributed by atoms with Crippen molar-refractivity contribution in [2.75, 3.05) is 44.7 Å². The van der Waals surface area contributed by atoms with Gasteiger partial charge in [0, 0.05) is 37.9 Å². The lowest BCUT2D eigenvalue weighted by Gasteiger charge is -2.34. The maximum Gasteiger partial charge on any atom is 0.343 e. The van der Waals surface area contributed by atoms with Crippen LogP contribution in [-0.2, 0) is 4.74 Å². The number of rotatable bonds is 4. The Bertz CT molecular complexity index is 755. The second-order valence-electron chi connectivity index (χ2n) is 6.26. The van der Waals surface area contributed by atoms with Crippen molar-refractivity contribution in [2.24, 2.45) is 0 Å². The number of likely N-dealkylation sites (N-methyl/N-ethyl adjacent to an activating group) is 1. The highest BCUT2D eigenvalue weighted by Gasteiger charge is 2.24. The van der Waals surface area contributed by atoms with E-state index >= 15 is 0 Å². The molecule has 1 aliphatic rings. The van der Waals surface area contributed by atoms with Crippen LogP contribution >= 0.6 is 0 Å². The van der Waals surface area contributed by atoms with E-state index in [9.17, 15) is 4.79 Å². The fraction of sp³-hybridized carbons (Fsp3) is 0.421. The number of anilines is 1. The summed E-state index contributed by atoms with van der Waals surface area (Å²) >= 11 is 0. The number of hydrogen-bond donors (Lipinski definition) is 0. The molecule has 2 heterocycles. The summed E-state index contributed by atoms with van der Waals surface area (Å²) < 4.78 is 5.19. The number of aromatic nitrogens is 2. The van der Waals surface area contributed by atoms with Crippen LogP contribution in [0.5, 0.6) is 0 Å². The zero-order chi connectivity index (χ0) is 17.8. The Labute approximate surface area is 148 Å². The minimum absolute atomic E-state index is 0.334. The summed E-state index contributed by atoms with van der Waals surface area (Å²) in [5, 5.41) is 0. The smallest absolute Gasteiger partial charge is 0.343 e. The van der Waals surface area contributed by atoms with E-state index in [-0.39, 0.29) is 5.97 Å². The number of aryl methyl sites for hydroxylation is 1. The third-order valence-electron chi connectivity index (χ3n) is 4.45. The predicted molar refractivity (Wildman–Crippen MR) is 97.9 cm³/mol. The highest BCUT2D eigenvalue weighted by atomic mass is 16.5. The van der Waals surface area contributed by atoms with Gasteiger partial charge in [-0.15, -0.1) is 0 Å². The molecule has 25 heavy (non-hydrogen) atoms. The minimum atomic E-state index is -0.368. The van der Waals surface area contributed by atoms with E-state index in [1.165, 1.54) is 0 Å². The fourth-order valence-electron chi connectivity index (χ4n) is 2.94. The van der Waals surface area contributed by atoms with Crippen LogP contribution in [0.1, 0.15) is 22.8 Å². The Hall–Kier alpha value is -2.47. The van der Waals surface area contributed by atoms with Crippen molar-refractivity contribution in [3.63, 3.8) is 0 Å². The van der Waals surface area contributed by atoms with Crippen molar-refractivity contribution in [1.82, 2.24) is 14.9 Å². The van der Waals surface area contributed by atoms with Crippen LogP contribution in [0.2, 0.25) is 0 Å². The first-order valence-corrected chi connectivity index (χ1v) is 8.63. The van der Waals surface area contributed by atoms with Gasteiger partial charge in [-0.2, -0.15) is 0 Å². The molecule has 6 heteroatoms. The third kappa shape index (κ3) is 3.79. The lowest BCUT2D eigenvalue weighted by molar-refractivity contribution is 0.0526. The van der Waals surface area contributed by atoms with E-state index in [1.807, 2.05) is 31.2 Å². The molecule has 1 saturated heterocycles. The summed E-state index contributed by atoms with van der Waals surface area (Å²) in [6, 6.07) is 8.00. The molecular formula is C19H24N4O2. The Balaban J connectivity index is 2.02. The van der Waals surface area contributed by atoms with Gasteiger partial charge in [0.05, 0.1) is 6.61 Å². The second-order valence-corrected chi connectivity index (χ2v) is 6.26. The lowest BCUT2D eigenvalue weighted by atomic mass is 10.1. The molecule has 0 atom stereocenters. The molecule has 0 aliphatic carbocycles. The maximum absolute atomic E-state index is 12.3. The van der Waals surface area contributed by atoms with E-state index in [2.05, 4.69) is 21.8 Å². The molecule has 0 bridgehead atoms. The van der Waals surface area contributed by atoms with Gasteiger partial charge in [-0.1, -0.05) is 24.3 Å². The first-order valence-electron chi connectivity index (χ1n) is 8.63. The number of hydrogen-bond acceptors (Lipinski definition) is 6. The number of benzene rings is 1. The van der Waals surface area contributed by atoms with Crippen LogP contribution in [0.25, 0.3) is 11.4 Å². The highest BCUT2D eigenvalue weighted by Crippen LogP contribution is 2.25. The normalized spacial score (nSPS) is 15.2. The van der Waals surface area contributed by atoms with E-state index < -0.39 is 0 Å². The van der Waals surface area contributed by atoms with Crippen LogP contribution in [0.15, 0.2) is 30.5 Å². The van der Waals surface area contributed by atoms with Gasteiger partial charge in [-0.3, -0.25) is 0 Å². The molecule has 3 rings (SSSR count). The molecule has 0 amide bonds. The fourth-order valence-corrected chi connectivity index (χ4v) is 2.94. The second kappa shape index (κ2) is 7.61. The SMILES string of the molecule is CCOC(=O)c1cnc(-c2ccccc2C)nc1N1CCN(C)CC1. The largest absolute Gasteiger partial charge is 0.462 e. The third-order valence-corrected chi connectivity index (χ3v) is 4.45. The Morgan fingerprint density at radius 3 is 2.60 bits per heavy atom. The summed E-state index contributed by atoms with van der Waals surface area (Å²) in [6.07, 6.45) is 1.60. The molecule has 6 nitrogen and oxygen atoms in total. The van der Waals surface area contributed by atoms with Crippen molar-refractivity contribution >= 4 is 11.8 Å². The molecule has 0 unspecified atom stereocenters. The molecule has 0 spiro atoms. The summed E-state index contributed by atoms with van der Waals surface area (Å²) in [6.45, 7) is 7.70. The first kappa shape index (κ1) is 17.4. The topological polar surface area (TPSA) is 58.6 Å². The van der Waals surface area contributed by atoms with Gasteiger partial charge in [0.1, 0.15) is 11.4 Å². The molecule has 0 N–H and O–H groups in total. The average Bonchev–Trinajstić information content (AvgIpc) is 2.62.